The Morgan fingerprint density at radius 1 is 1.40 bits per heavy atom. The molecule has 0 unspecified atom stereocenters. The van der Waals surface area contributed by atoms with E-state index in [-0.39, 0.29) is 5.82 Å². The summed E-state index contributed by atoms with van der Waals surface area (Å²) in [6, 6.07) is 3.54. The summed E-state index contributed by atoms with van der Waals surface area (Å²) in [5.41, 5.74) is 0.671. The summed E-state index contributed by atoms with van der Waals surface area (Å²) in [6.07, 6.45) is 2.67. The van der Waals surface area contributed by atoms with Gasteiger partial charge in [0, 0.05) is 18.4 Å². The smallest absolute Gasteiger partial charge is 0.133 e. The lowest BCUT2D eigenvalue weighted by Gasteiger charge is -2.10. The van der Waals surface area contributed by atoms with E-state index in [2.05, 4.69) is 0 Å². The summed E-state index contributed by atoms with van der Waals surface area (Å²) in [5, 5.41) is 9.76. The van der Waals surface area contributed by atoms with E-state index < -0.39 is 5.60 Å². The van der Waals surface area contributed by atoms with Crippen molar-refractivity contribution in [2.24, 2.45) is 0 Å². The van der Waals surface area contributed by atoms with Crippen LogP contribution in [-0.2, 0) is 12.8 Å². The van der Waals surface area contributed by atoms with Crippen molar-refractivity contribution in [3.05, 3.63) is 29.1 Å². The Morgan fingerprint density at radius 3 is 2.93 bits per heavy atom. The largest absolute Gasteiger partial charge is 0.493 e. The molecule has 3 heteroatoms. The van der Waals surface area contributed by atoms with Gasteiger partial charge >= 0.3 is 0 Å². The number of hydrogen-bond acceptors (Lipinski definition) is 2. The van der Waals surface area contributed by atoms with E-state index in [1.165, 1.54) is 0 Å². The van der Waals surface area contributed by atoms with Crippen LogP contribution in [0.3, 0.4) is 0 Å². The topological polar surface area (TPSA) is 29.5 Å². The van der Waals surface area contributed by atoms with Gasteiger partial charge in [0.25, 0.3) is 0 Å². The molecule has 0 spiro atoms. The molecule has 3 rings (SSSR count). The maximum atomic E-state index is 13.9. The van der Waals surface area contributed by atoms with Crippen LogP contribution in [0, 0.1) is 5.82 Å². The minimum absolute atomic E-state index is 0.176. The second kappa shape index (κ2) is 2.95. The fraction of sp³-hybridized carbons (Fsp3) is 0.500. The van der Waals surface area contributed by atoms with Gasteiger partial charge < -0.3 is 9.84 Å². The molecule has 1 heterocycles. The highest BCUT2D eigenvalue weighted by Crippen LogP contribution is 2.40. The number of ether oxygens (including phenoxy) is 1. The normalized spacial score (nSPS) is 20.9. The summed E-state index contributed by atoms with van der Waals surface area (Å²) in [6.45, 7) is 0.569. The zero-order chi connectivity index (χ0) is 10.5. The van der Waals surface area contributed by atoms with E-state index in [0.29, 0.717) is 36.3 Å². The molecule has 0 aromatic heterocycles. The van der Waals surface area contributed by atoms with E-state index >= 15 is 0 Å². The Labute approximate surface area is 87.7 Å². The number of rotatable bonds is 2. The first-order chi connectivity index (χ1) is 7.18. The third kappa shape index (κ3) is 1.51. The standard InChI is InChI=1S/C12H13FO2/c13-11-8(7-12(14)4-5-12)1-2-10-9(11)3-6-15-10/h1-2,14H,3-7H2. The lowest BCUT2D eigenvalue weighted by molar-refractivity contribution is 0.149. The molecule has 1 fully saturated rings. The Kier molecular flexibility index (Phi) is 1.80. The van der Waals surface area contributed by atoms with E-state index in [0.717, 1.165) is 12.8 Å². The van der Waals surface area contributed by atoms with Crippen molar-refractivity contribution in [3.8, 4) is 5.75 Å². The maximum absolute atomic E-state index is 13.9. The van der Waals surface area contributed by atoms with Crippen molar-refractivity contribution in [1.29, 1.82) is 0 Å². The summed E-state index contributed by atoms with van der Waals surface area (Å²) in [7, 11) is 0. The average Bonchev–Trinajstić information content (AvgIpc) is 2.78. The van der Waals surface area contributed by atoms with E-state index in [1.807, 2.05) is 6.07 Å². The Bertz CT molecular complexity index is 410. The molecule has 80 valence electrons. The highest BCUT2D eigenvalue weighted by atomic mass is 19.1. The molecule has 1 saturated carbocycles. The van der Waals surface area contributed by atoms with E-state index in [9.17, 15) is 9.50 Å². The second-order valence-corrected chi connectivity index (χ2v) is 4.51. The molecule has 1 aromatic rings. The van der Waals surface area contributed by atoms with Crippen molar-refractivity contribution in [3.63, 3.8) is 0 Å². The second-order valence-electron chi connectivity index (χ2n) is 4.51. The van der Waals surface area contributed by atoms with Crippen molar-refractivity contribution >= 4 is 0 Å². The number of benzene rings is 1. The lowest BCUT2D eigenvalue weighted by atomic mass is 10.0. The van der Waals surface area contributed by atoms with Crippen LogP contribution in [0.15, 0.2) is 12.1 Å². The molecule has 1 N–H and O–H groups in total. The zero-order valence-corrected chi connectivity index (χ0v) is 8.42. The van der Waals surface area contributed by atoms with Crippen LogP contribution in [0.2, 0.25) is 0 Å². The van der Waals surface area contributed by atoms with Crippen LogP contribution in [0.4, 0.5) is 4.39 Å². The predicted octanol–water partition coefficient (Wildman–Crippen LogP) is 1.83. The maximum Gasteiger partial charge on any atom is 0.133 e. The van der Waals surface area contributed by atoms with Gasteiger partial charge in [-0.25, -0.2) is 4.39 Å². The van der Waals surface area contributed by atoms with Gasteiger partial charge in [0.1, 0.15) is 11.6 Å². The molecule has 1 aliphatic carbocycles. The van der Waals surface area contributed by atoms with Gasteiger partial charge in [-0.1, -0.05) is 6.07 Å². The van der Waals surface area contributed by atoms with E-state index in [1.54, 1.807) is 6.07 Å². The van der Waals surface area contributed by atoms with E-state index in [4.69, 9.17) is 4.74 Å². The van der Waals surface area contributed by atoms with Gasteiger partial charge in [-0.3, -0.25) is 0 Å². The summed E-state index contributed by atoms with van der Waals surface area (Å²) in [5.74, 6) is 0.490. The van der Waals surface area contributed by atoms with Crippen LogP contribution >= 0.6 is 0 Å². The number of halogens is 1. The van der Waals surface area contributed by atoms with Crippen LogP contribution < -0.4 is 4.74 Å². The molecule has 0 saturated heterocycles. The van der Waals surface area contributed by atoms with Crippen LogP contribution in [0.5, 0.6) is 5.75 Å². The molecular weight excluding hydrogens is 195 g/mol. The molecule has 0 amide bonds. The third-order valence-electron chi connectivity index (χ3n) is 3.24. The summed E-state index contributed by atoms with van der Waals surface area (Å²) < 4.78 is 19.2. The first kappa shape index (κ1) is 9.16. The molecule has 0 radical (unpaired) electrons. The number of hydrogen-bond donors (Lipinski definition) is 1. The average molecular weight is 208 g/mol. The number of fused-ring (bicyclic) bond motifs is 1. The zero-order valence-electron chi connectivity index (χ0n) is 8.42. The molecule has 0 atom stereocenters. The van der Waals surface area contributed by atoms with Crippen molar-refractivity contribution in [1.82, 2.24) is 0 Å². The summed E-state index contributed by atoms with van der Waals surface area (Å²) >= 11 is 0. The quantitative estimate of drug-likeness (QED) is 0.803. The molecule has 0 bridgehead atoms. The molecule has 15 heavy (non-hydrogen) atoms. The first-order valence-corrected chi connectivity index (χ1v) is 5.33. The Balaban J connectivity index is 1.95. The Morgan fingerprint density at radius 2 is 2.20 bits per heavy atom. The van der Waals surface area contributed by atoms with Crippen LogP contribution in [-0.4, -0.2) is 17.3 Å². The number of aliphatic hydroxyl groups is 1. The van der Waals surface area contributed by atoms with Crippen molar-refractivity contribution in [2.75, 3.05) is 6.61 Å². The van der Waals surface area contributed by atoms with Gasteiger partial charge in [0.05, 0.1) is 12.2 Å². The van der Waals surface area contributed by atoms with Crippen molar-refractivity contribution < 1.29 is 14.2 Å². The Hall–Kier alpha value is -1.09. The molecule has 1 aliphatic heterocycles. The third-order valence-corrected chi connectivity index (χ3v) is 3.24. The highest BCUT2D eigenvalue weighted by molar-refractivity contribution is 5.42. The fourth-order valence-electron chi connectivity index (χ4n) is 2.10. The minimum atomic E-state index is -0.630. The first-order valence-electron chi connectivity index (χ1n) is 5.33. The van der Waals surface area contributed by atoms with Crippen LogP contribution in [0.1, 0.15) is 24.0 Å². The lowest BCUT2D eigenvalue weighted by Crippen LogP contribution is -2.12. The molecule has 1 aromatic carbocycles. The molecule has 2 nitrogen and oxygen atoms in total. The van der Waals surface area contributed by atoms with Gasteiger partial charge in [0.2, 0.25) is 0 Å². The van der Waals surface area contributed by atoms with Gasteiger partial charge in [0.15, 0.2) is 0 Å². The van der Waals surface area contributed by atoms with Crippen molar-refractivity contribution in [2.45, 2.75) is 31.3 Å². The van der Waals surface area contributed by atoms with Crippen LogP contribution in [0.25, 0.3) is 0 Å². The minimum Gasteiger partial charge on any atom is -0.493 e. The SMILES string of the molecule is OC1(Cc2ccc3c(c2F)CCO3)CC1. The predicted molar refractivity (Wildman–Crippen MR) is 53.5 cm³/mol. The monoisotopic (exact) mass is 208 g/mol. The molecule has 2 aliphatic rings. The molecular formula is C12H13FO2. The van der Waals surface area contributed by atoms with Gasteiger partial charge in [-0.15, -0.1) is 0 Å². The van der Waals surface area contributed by atoms with Gasteiger partial charge in [-0.05, 0) is 24.5 Å². The summed E-state index contributed by atoms with van der Waals surface area (Å²) in [4.78, 5) is 0. The fourth-order valence-corrected chi connectivity index (χ4v) is 2.10. The van der Waals surface area contributed by atoms with Gasteiger partial charge in [-0.2, -0.15) is 0 Å². The highest BCUT2D eigenvalue weighted by Gasteiger charge is 2.41.